The highest BCUT2D eigenvalue weighted by atomic mass is 32.2. The van der Waals surface area contributed by atoms with Crippen molar-refractivity contribution >= 4 is 17.7 Å². The molecule has 2 N–H and O–H groups in total. The van der Waals surface area contributed by atoms with Gasteiger partial charge in [0.2, 0.25) is 0 Å². The molecule has 1 aliphatic carbocycles. The molecule has 0 radical (unpaired) electrons. The molecule has 1 aliphatic heterocycles. The Balaban J connectivity index is 1.96. The van der Waals surface area contributed by atoms with Gasteiger partial charge in [-0.2, -0.15) is 11.8 Å². The minimum Gasteiger partial charge on any atom is -0.370 e. The van der Waals surface area contributed by atoms with Gasteiger partial charge in [0.15, 0.2) is 5.96 Å². The van der Waals surface area contributed by atoms with Crippen LogP contribution in [0.3, 0.4) is 0 Å². The van der Waals surface area contributed by atoms with Crippen molar-refractivity contribution in [2.45, 2.75) is 30.8 Å². The second-order valence-corrected chi connectivity index (χ2v) is 6.54. The Labute approximate surface area is 109 Å². The van der Waals surface area contributed by atoms with E-state index in [0.717, 1.165) is 6.54 Å². The van der Waals surface area contributed by atoms with Crippen molar-refractivity contribution in [1.29, 1.82) is 0 Å². The minimum atomic E-state index is 0.222. The van der Waals surface area contributed by atoms with E-state index in [1.54, 1.807) is 0 Å². The average molecular weight is 256 g/mol. The summed E-state index contributed by atoms with van der Waals surface area (Å²) < 4.78 is 0. The van der Waals surface area contributed by atoms with E-state index in [9.17, 15) is 0 Å². The molecule has 1 heterocycles. The predicted octanol–water partition coefficient (Wildman–Crippen LogP) is 0.833. The Bertz CT molecular complexity index is 293. The van der Waals surface area contributed by atoms with Crippen LogP contribution in [0.25, 0.3) is 0 Å². The van der Waals surface area contributed by atoms with Crippen LogP contribution in [0.4, 0.5) is 0 Å². The van der Waals surface area contributed by atoms with Crippen molar-refractivity contribution < 1.29 is 0 Å². The maximum atomic E-state index is 6.05. The fraction of sp³-hybridized carbons (Fsp3) is 0.917. The first kappa shape index (κ1) is 13.0. The van der Waals surface area contributed by atoms with Crippen LogP contribution in [-0.4, -0.2) is 66.5 Å². The molecule has 0 aromatic carbocycles. The van der Waals surface area contributed by atoms with Gasteiger partial charge in [0.1, 0.15) is 0 Å². The topological polar surface area (TPSA) is 44.9 Å². The Kier molecular flexibility index (Phi) is 3.88. The standard InChI is InChI=1S/C12H24N4S/c1-15(2)12(6-7-17-9-12)8-14-11(13)16(3)10-4-5-10/h10H,4-9H2,1-3H3,(H2,13,14). The van der Waals surface area contributed by atoms with Crippen molar-refractivity contribution in [1.82, 2.24) is 9.80 Å². The molecule has 1 unspecified atom stereocenters. The summed E-state index contributed by atoms with van der Waals surface area (Å²) >= 11 is 2.02. The molecular weight excluding hydrogens is 232 g/mol. The first-order chi connectivity index (χ1) is 8.05. The van der Waals surface area contributed by atoms with E-state index in [1.165, 1.54) is 30.8 Å². The summed E-state index contributed by atoms with van der Waals surface area (Å²) in [7, 11) is 6.37. The van der Waals surface area contributed by atoms with Gasteiger partial charge in [-0.1, -0.05) is 0 Å². The summed E-state index contributed by atoms with van der Waals surface area (Å²) in [6.45, 7) is 0.829. The van der Waals surface area contributed by atoms with Crippen LogP contribution in [-0.2, 0) is 0 Å². The Morgan fingerprint density at radius 3 is 2.59 bits per heavy atom. The van der Waals surface area contributed by atoms with Crippen LogP contribution < -0.4 is 5.73 Å². The highest BCUT2D eigenvalue weighted by molar-refractivity contribution is 7.99. The van der Waals surface area contributed by atoms with Gasteiger partial charge in [0, 0.05) is 24.4 Å². The van der Waals surface area contributed by atoms with E-state index in [2.05, 4.69) is 35.9 Å². The fourth-order valence-corrected chi connectivity index (χ4v) is 3.75. The molecule has 98 valence electrons. The van der Waals surface area contributed by atoms with Gasteiger partial charge in [-0.25, -0.2) is 0 Å². The summed E-state index contributed by atoms with van der Waals surface area (Å²) in [4.78, 5) is 9.08. The number of nitrogens with zero attached hydrogens (tertiary/aromatic N) is 3. The highest BCUT2D eigenvalue weighted by Crippen LogP contribution is 2.32. The number of hydrogen-bond donors (Lipinski definition) is 1. The third-order valence-corrected chi connectivity index (χ3v) is 5.26. The van der Waals surface area contributed by atoms with Crippen LogP contribution in [0.1, 0.15) is 19.3 Å². The normalized spacial score (nSPS) is 30.0. The quantitative estimate of drug-likeness (QED) is 0.598. The second-order valence-electron chi connectivity index (χ2n) is 5.44. The first-order valence-electron chi connectivity index (χ1n) is 6.33. The molecular formula is C12H24N4S. The number of likely N-dealkylation sites (N-methyl/N-ethyl adjacent to an activating group) is 1. The molecule has 2 rings (SSSR count). The third-order valence-electron chi connectivity index (χ3n) is 4.02. The molecule has 1 saturated heterocycles. The Hall–Kier alpha value is -0.420. The molecule has 2 fully saturated rings. The second kappa shape index (κ2) is 5.06. The van der Waals surface area contributed by atoms with Gasteiger partial charge in [0.25, 0.3) is 0 Å². The van der Waals surface area contributed by atoms with Crippen molar-refractivity contribution in [3.05, 3.63) is 0 Å². The zero-order valence-corrected chi connectivity index (χ0v) is 12.0. The number of rotatable bonds is 4. The van der Waals surface area contributed by atoms with Gasteiger partial charge < -0.3 is 15.5 Å². The fourth-order valence-electron chi connectivity index (χ4n) is 2.20. The van der Waals surface area contributed by atoms with Crippen LogP contribution in [0.15, 0.2) is 4.99 Å². The zero-order chi connectivity index (χ0) is 12.5. The monoisotopic (exact) mass is 256 g/mol. The lowest BCUT2D eigenvalue weighted by Crippen LogP contribution is -2.48. The van der Waals surface area contributed by atoms with E-state index in [1.807, 2.05) is 11.8 Å². The van der Waals surface area contributed by atoms with E-state index in [4.69, 9.17) is 5.73 Å². The third kappa shape index (κ3) is 2.88. The molecule has 0 amide bonds. The molecule has 17 heavy (non-hydrogen) atoms. The van der Waals surface area contributed by atoms with Crippen molar-refractivity contribution in [2.75, 3.05) is 39.2 Å². The maximum absolute atomic E-state index is 6.05. The lowest BCUT2D eigenvalue weighted by Gasteiger charge is -2.34. The van der Waals surface area contributed by atoms with Crippen LogP contribution in [0, 0.1) is 0 Å². The molecule has 5 heteroatoms. The van der Waals surface area contributed by atoms with Gasteiger partial charge in [0.05, 0.1) is 6.54 Å². The van der Waals surface area contributed by atoms with Crippen molar-refractivity contribution in [2.24, 2.45) is 10.7 Å². The summed E-state index contributed by atoms with van der Waals surface area (Å²) in [6, 6.07) is 0.645. The van der Waals surface area contributed by atoms with Gasteiger partial charge in [-0.15, -0.1) is 0 Å². The maximum Gasteiger partial charge on any atom is 0.191 e. The number of aliphatic imine (C=N–C) groups is 1. The Morgan fingerprint density at radius 2 is 2.12 bits per heavy atom. The number of thioether (sulfide) groups is 1. The smallest absolute Gasteiger partial charge is 0.191 e. The van der Waals surface area contributed by atoms with Gasteiger partial charge in [-0.05, 0) is 39.1 Å². The Morgan fingerprint density at radius 1 is 1.41 bits per heavy atom. The summed E-state index contributed by atoms with van der Waals surface area (Å²) in [5.41, 5.74) is 6.27. The van der Waals surface area contributed by atoms with Gasteiger partial charge in [-0.3, -0.25) is 4.99 Å². The van der Waals surface area contributed by atoms with Crippen LogP contribution in [0.5, 0.6) is 0 Å². The molecule has 0 aromatic heterocycles. The average Bonchev–Trinajstić information content (AvgIpc) is 3.04. The summed E-state index contributed by atoms with van der Waals surface area (Å²) in [5, 5.41) is 0. The predicted molar refractivity (Wildman–Crippen MR) is 75.6 cm³/mol. The molecule has 2 aliphatic rings. The number of guanidine groups is 1. The van der Waals surface area contributed by atoms with E-state index >= 15 is 0 Å². The van der Waals surface area contributed by atoms with E-state index in [0.29, 0.717) is 12.0 Å². The first-order valence-corrected chi connectivity index (χ1v) is 7.48. The van der Waals surface area contributed by atoms with Crippen molar-refractivity contribution in [3.63, 3.8) is 0 Å². The molecule has 1 saturated carbocycles. The number of hydrogen-bond acceptors (Lipinski definition) is 3. The molecule has 1 atom stereocenters. The zero-order valence-electron chi connectivity index (χ0n) is 11.1. The summed E-state index contributed by atoms with van der Waals surface area (Å²) in [6.07, 6.45) is 3.75. The SMILES string of the molecule is CN(C(N)=NCC1(N(C)C)CCSC1)C1CC1. The molecule has 4 nitrogen and oxygen atoms in total. The minimum absolute atomic E-state index is 0.222. The molecule has 0 bridgehead atoms. The number of nitrogens with two attached hydrogens (primary N) is 1. The van der Waals surface area contributed by atoms with Gasteiger partial charge >= 0.3 is 0 Å². The van der Waals surface area contributed by atoms with Crippen LogP contribution in [0.2, 0.25) is 0 Å². The van der Waals surface area contributed by atoms with E-state index in [-0.39, 0.29) is 5.54 Å². The van der Waals surface area contributed by atoms with E-state index < -0.39 is 0 Å². The van der Waals surface area contributed by atoms with Crippen molar-refractivity contribution in [3.8, 4) is 0 Å². The lowest BCUT2D eigenvalue weighted by molar-refractivity contribution is 0.189. The highest BCUT2D eigenvalue weighted by Gasteiger charge is 2.36. The molecule has 0 aromatic rings. The lowest BCUT2D eigenvalue weighted by atomic mass is 9.98. The molecule has 0 spiro atoms. The largest absolute Gasteiger partial charge is 0.370 e. The summed E-state index contributed by atoms with van der Waals surface area (Å²) in [5.74, 6) is 3.13. The van der Waals surface area contributed by atoms with Crippen LogP contribution >= 0.6 is 11.8 Å².